The summed E-state index contributed by atoms with van der Waals surface area (Å²) in [6.07, 6.45) is 0. The molecule has 0 saturated heterocycles. The first-order valence-corrected chi connectivity index (χ1v) is 5.38. The molecule has 2 aromatic heterocycles. The summed E-state index contributed by atoms with van der Waals surface area (Å²) in [6.45, 7) is 1.98. The van der Waals surface area contributed by atoms with E-state index in [0.29, 0.717) is 0 Å². The minimum absolute atomic E-state index is 0. The van der Waals surface area contributed by atoms with Gasteiger partial charge in [-0.2, -0.15) is 0 Å². The molecular formula is C11H13ClN2S. The summed E-state index contributed by atoms with van der Waals surface area (Å²) >= 11 is 1.67. The van der Waals surface area contributed by atoms with Gasteiger partial charge >= 0.3 is 0 Å². The Morgan fingerprint density at radius 3 is 2.67 bits per heavy atom. The Bertz CT molecular complexity index is 414. The van der Waals surface area contributed by atoms with Gasteiger partial charge in [0.25, 0.3) is 0 Å². The molecule has 0 radical (unpaired) electrons. The van der Waals surface area contributed by atoms with Crippen molar-refractivity contribution in [3.05, 3.63) is 52.0 Å². The number of pyridine rings is 1. The first-order chi connectivity index (χ1) is 6.77. The van der Waals surface area contributed by atoms with E-state index in [0.717, 1.165) is 16.3 Å². The molecule has 2 nitrogen and oxygen atoms in total. The third kappa shape index (κ3) is 2.78. The Hall–Kier alpha value is -0.900. The highest BCUT2D eigenvalue weighted by molar-refractivity contribution is 7.10. The summed E-state index contributed by atoms with van der Waals surface area (Å²) < 4.78 is 0. The molecule has 0 aliphatic heterocycles. The zero-order chi connectivity index (χ0) is 9.97. The van der Waals surface area contributed by atoms with Crippen LogP contribution in [-0.2, 0) is 0 Å². The average molecular weight is 241 g/mol. The van der Waals surface area contributed by atoms with Gasteiger partial charge in [0.05, 0.1) is 11.7 Å². The van der Waals surface area contributed by atoms with Crippen molar-refractivity contribution in [2.45, 2.75) is 13.0 Å². The first kappa shape index (κ1) is 12.2. The molecule has 2 N–H and O–H groups in total. The largest absolute Gasteiger partial charge is 0.318 e. The molecule has 0 spiro atoms. The molecule has 4 heteroatoms. The first-order valence-electron chi connectivity index (χ1n) is 4.50. The monoisotopic (exact) mass is 240 g/mol. The van der Waals surface area contributed by atoms with Gasteiger partial charge in [0.2, 0.25) is 0 Å². The molecule has 0 bridgehead atoms. The third-order valence-corrected chi connectivity index (χ3v) is 3.03. The number of halogens is 1. The van der Waals surface area contributed by atoms with Gasteiger partial charge in [-0.05, 0) is 30.5 Å². The zero-order valence-corrected chi connectivity index (χ0v) is 10.0. The van der Waals surface area contributed by atoms with E-state index < -0.39 is 0 Å². The van der Waals surface area contributed by atoms with Crippen LogP contribution in [0.2, 0.25) is 0 Å². The summed E-state index contributed by atoms with van der Waals surface area (Å²) in [7, 11) is 0. The van der Waals surface area contributed by atoms with E-state index in [4.69, 9.17) is 5.73 Å². The van der Waals surface area contributed by atoms with Gasteiger partial charge < -0.3 is 5.73 Å². The third-order valence-electron chi connectivity index (χ3n) is 2.08. The molecular weight excluding hydrogens is 228 g/mol. The van der Waals surface area contributed by atoms with Gasteiger partial charge in [-0.3, -0.25) is 4.98 Å². The Morgan fingerprint density at radius 2 is 2.07 bits per heavy atom. The van der Waals surface area contributed by atoms with Crippen LogP contribution >= 0.6 is 23.7 Å². The number of aryl methyl sites for hydroxylation is 1. The van der Waals surface area contributed by atoms with Gasteiger partial charge in [-0.15, -0.1) is 23.7 Å². The van der Waals surface area contributed by atoms with Crippen molar-refractivity contribution in [1.82, 2.24) is 4.98 Å². The average Bonchev–Trinajstić information content (AvgIpc) is 2.69. The van der Waals surface area contributed by atoms with Crippen molar-refractivity contribution >= 4 is 23.7 Å². The second kappa shape index (κ2) is 5.26. The van der Waals surface area contributed by atoms with Crippen LogP contribution in [0.15, 0.2) is 35.7 Å². The minimum atomic E-state index is -0.0881. The molecule has 2 heterocycles. The van der Waals surface area contributed by atoms with Crippen LogP contribution in [0.1, 0.15) is 22.3 Å². The van der Waals surface area contributed by atoms with E-state index in [1.54, 1.807) is 11.3 Å². The molecule has 2 rings (SSSR count). The van der Waals surface area contributed by atoms with E-state index >= 15 is 0 Å². The SMILES string of the molecule is Cc1cccc([C@H](N)c2cccs2)n1.Cl. The van der Waals surface area contributed by atoms with Crippen molar-refractivity contribution in [2.75, 3.05) is 0 Å². The highest BCUT2D eigenvalue weighted by Crippen LogP contribution is 2.22. The van der Waals surface area contributed by atoms with Gasteiger partial charge in [-0.25, -0.2) is 0 Å². The number of hydrogen-bond acceptors (Lipinski definition) is 3. The molecule has 0 saturated carbocycles. The van der Waals surface area contributed by atoms with E-state index in [1.165, 1.54) is 0 Å². The van der Waals surface area contributed by atoms with Gasteiger partial charge in [-0.1, -0.05) is 12.1 Å². The van der Waals surface area contributed by atoms with E-state index in [9.17, 15) is 0 Å². The Kier molecular flexibility index (Phi) is 4.27. The molecule has 0 amide bonds. The summed E-state index contributed by atoms with van der Waals surface area (Å²) in [5, 5.41) is 2.03. The Labute approximate surface area is 99.6 Å². The lowest BCUT2D eigenvalue weighted by Crippen LogP contribution is -2.12. The molecule has 0 unspecified atom stereocenters. The van der Waals surface area contributed by atoms with Crippen LogP contribution < -0.4 is 5.73 Å². The predicted octanol–water partition coefficient (Wildman–Crippen LogP) is 2.92. The smallest absolute Gasteiger partial charge is 0.0820 e. The Balaban J connectivity index is 0.00000112. The van der Waals surface area contributed by atoms with Crippen LogP contribution in [0.3, 0.4) is 0 Å². The minimum Gasteiger partial charge on any atom is -0.318 e. The van der Waals surface area contributed by atoms with Crippen LogP contribution in [0, 0.1) is 6.92 Å². The maximum absolute atomic E-state index is 6.08. The number of nitrogens with zero attached hydrogens (tertiary/aromatic N) is 1. The second-order valence-electron chi connectivity index (χ2n) is 3.20. The summed E-state index contributed by atoms with van der Waals surface area (Å²) in [5.74, 6) is 0. The van der Waals surface area contributed by atoms with E-state index in [-0.39, 0.29) is 18.4 Å². The predicted molar refractivity (Wildman–Crippen MR) is 66.6 cm³/mol. The quantitative estimate of drug-likeness (QED) is 0.877. The Morgan fingerprint density at radius 1 is 1.27 bits per heavy atom. The molecule has 0 fully saturated rings. The number of rotatable bonds is 2. The summed E-state index contributed by atoms with van der Waals surface area (Å²) in [5.41, 5.74) is 8.02. The lowest BCUT2D eigenvalue weighted by atomic mass is 10.1. The van der Waals surface area contributed by atoms with Crippen molar-refractivity contribution in [1.29, 1.82) is 0 Å². The van der Waals surface area contributed by atoms with Crippen molar-refractivity contribution in [3.63, 3.8) is 0 Å². The van der Waals surface area contributed by atoms with Gasteiger partial charge in [0.15, 0.2) is 0 Å². The van der Waals surface area contributed by atoms with Crippen LogP contribution in [0.25, 0.3) is 0 Å². The second-order valence-corrected chi connectivity index (χ2v) is 4.18. The van der Waals surface area contributed by atoms with Gasteiger partial charge in [0, 0.05) is 10.6 Å². The van der Waals surface area contributed by atoms with Crippen molar-refractivity contribution in [3.8, 4) is 0 Å². The maximum atomic E-state index is 6.08. The van der Waals surface area contributed by atoms with Crippen LogP contribution in [0.4, 0.5) is 0 Å². The molecule has 2 aromatic rings. The normalized spacial score (nSPS) is 11.9. The van der Waals surface area contributed by atoms with Crippen LogP contribution in [-0.4, -0.2) is 4.98 Å². The number of thiophene rings is 1. The summed E-state index contributed by atoms with van der Waals surface area (Å²) in [4.78, 5) is 5.57. The molecule has 1 atom stereocenters. The molecule has 80 valence electrons. The topological polar surface area (TPSA) is 38.9 Å². The van der Waals surface area contributed by atoms with Gasteiger partial charge in [0.1, 0.15) is 0 Å². The van der Waals surface area contributed by atoms with Crippen molar-refractivity contribution in [2.24, 2.45) is 5.73 Å². The molecule has 15 heavy (non-hydrogen) atoms. The maximum Gasteiger partial charge on any atom is 0.0820 e. The summed E-state index contributed by atoms with van der Waals surface area (Å²) in [6, 6.07) is 9.90. The molecule has 0 aliphatic carbocycles. The standard InChI is InChI=1S/C11H12N2S.ClH/c1-8-4-2-5-9(13-8)11(12)10-6-3-7-14-10;/h2-7,11H,12H2,1H3;1H/t11-;/m0./s1. The lowest BCUT2D eigenvalue weighted by molar-refractivity contribution is 0.838. The lowest BCUT2D eigenvalue weighted by Gasteiger charge is -2.08. The number of hydrogen-bond donors (Lipinski definition) is 1. The fourth-order valence-corrected chi connectivity index (χ4v) is 2.09. The molecule has 0 aromatic carbocycles. The fraction of sp³-hybridized carbons (Fsp3) is 0.182. The highest BCUT2D eigenvalue weighted by atomic mass is 35.5. The van der Waals surface area contributed by atoms with E-state index in [1.807, 2.05) is 42.6 Å². The number of aromatic nitrogens is 1. The number of nitrogens with two attached hydrogens (primary N) is 1. The van der Waals surface area contributed by atoms with Crippen LogP contribution in [0.5, 0.6) is 0 Å². The highest BCUT2D eigenvalue weighted by Gasteiger charge is 2.10. The van der Waals surface area contributed by atoms with Crippen molar-refractivity contribution < 1.29 is 0 Å². The fourth-order valence-electron chi connectivity index (χ4n) is 1.35. The zero-order valence-electron chi connectivity index (χ0n) is 8.38. The molecule has 0 aliphatic rings. The van der Waals surface area contributed by atoms with E-state index in [2.05, 4.69) is 4.98 Å².